The van der Waals surface area contributed by atoms with Crippen LogP contribution in [-0.2, 0) is 12.1 Å². The molecule has 1 aliphatic heterocycles. The molecule has 8 nitrogen and oxygen atoms in total. The van der Waals surface area contributed by atoms with Crippen molar-refractivity contribution in [2.24, 2.45) is 10.7 Å². The lowest BCUT2D eigenvalue weighted by atomic mass is 9.90. The van der Waals surface area contributed by atoms with Crippen molar-refractivity contribution in [3.63, 3.8) is 0 Å². The highest BCUT2D eigenvalue weighted by Gasteiger charge is 2.34. The highest BCUT2D eigenvalue weighted by molar-refractivity contribution is 6.03. The topological polar surface area (TPSA) is 122 Å². The Bertz CT molecular complexity index is 1180. The molecule has 3 N–H and O–H groups in total. The van der Waals surface area contributed by atoms with E-state index >= 15 is 0 Å². The number of carbonyl (C=O) groups is 1. The number of amides is 1. The lowest BCUT2D eigenvalue weighted by Gasteiger charge is -2.32. The fourth-order valence-corrected chi connectivity index (χ4v) is 3.30. The minimum Gasteiger partial charge on any atom is -0.382 e. The molecule has 0 unspecified atom stereocenters. The third-order valence-corrected chi connectivity index (χ3v) is 4.75. The van der Waals surface area contributed by atoms with Crippen LogP contribution in [0.15, 0.2) is 54.0 Å². The molecular formula is C20H16FN7O. The van der Waals surface area contributed by atoms with Crippen molar-refractivity contribution in [3.8, 4) is 6.07 Å². The van der Waals surface area contributed by atoms with Crippen molar-refractivity contribution >= 4 is 17.4 Å². The minimum absolute atomic E-state index is 0.143. The van der Waals surface area contributed by atoms with Gasteiger partial charge < -0.3 is 15.6 Å². The molecule has 0 bridgehead atoms. The number of nitriles is 1. The fourth-order valence-electron chi connectivity index (χ4n) is 3.30. The first-order valence-corrected chi connectivity index (χ1v) is 8.73. The Balaban J connectivity index is 1.63. The number of nitrogens with one attached hydrogen (secondary N) is 1. The number of nitrogens with zero attached hydrogens (tertiary/aromatic N) is 5. The average molecular weight is 389 g/mol. The van der Waals surface area contributed by atoms with Crippen molar-refractivity contribution in [2.45, 2.75) is 19.0 Å². The summed E-state index contributed by atoms with van der Waals surface area (Å²) in [6.07, 6.45) is 4.54. The summed E-state index contributed by atoms with van der Waals surface area (Å²) in [7, 11) is 0. The number of rotatable bonds is 3. The number of aromatic nitrogens is 3. The minimum atomic E-state index is -0.963. The van der Waals surface area contributed by atoms with Gasteiger partial charge in [-0.15, -0.1) is 0 Å². The van der Waals surface area contributed by atoms with Crippen LogP contribution >= 0.6 is 0 Å². The molecule has 144 valence electrons. The molecule has 0 aliphatic carbocycles. The molecule has 0 saturated carbocycles. The molecule has 2 aromatic heterocycles. The first-order chi connectivity index (χ1) is 13.9. The smallest absolute Gasteiger partial charge is 0.274 e. The third-order valence-electron chi connectivity index (χ3n) is 4.75. The van der Waals surface area contributed by atoms with Gasteiger partial charge in [-0.1, -0.05) is 0 Å². The van der Waals surface area contributed by atoms with Gasteiger partial charge in [-0.3, -0.25) is 9.79 Å². The summed E-state index contributed by atoms with van der Waals surface area (Å²) in [6, 6.07) is 9.17. The van der Waals surface area contributed by atoms with Crippen LogP contribution in [0, 0.1) is 17.1 Å². The molecule has 1 aliphatic rings. The predicted octanol–water partition coefficient (Wildman–Crippen LogP) is 2.18. The van der Waals surface area contributed by atoms with Gasteiger partial charge in [-0.2, -0.15) is 5.26 Å². The summed E-state index contributed by atoms with van der Waals surface area (Å²) in [5.74, 6) is -0.658. The van der Waals surface area contributed by atoms with E-state index in [9.17, 15) is 9.18 Å². The van der Waals surface area contributed by atoms with Crippen LogP contribution in [0.1, 0.15) is 34.2 Å². The highest BCUT2D eigenvalue weighted by atomic mass is 19.1. The summed E-state index contributed by atoms with van der Waals surface area (Å²) >= 11 is 0. The second-order valence-electron chi connectivity index (χ2n) is 6.87. The third kappa shape index (κ3) is 3.32. The van der Waals surface area contributed by atoms with E-state index in [4.69, 9.17) is 11.0 Å². The number of hydrogen-bond donors (Lipinski definition) is 2. The summed E-state index contributed by atoms with van der Waals surface area (Å²) in [5.41, 5.74) is 6.94. The SMILES string of the molecule is C[C@@]1(c2cc(NC(=O)c3ccc(C#N)cn3)ccc2F)Cn2cncc2C(N)=N1. The van der Waals surface area contributed by atoms with E-state index in [0.29, 0.717) is 29.1 Å². The average Bonchev–Trinajstić information content (AvgIpc) is 3.18. The summed E-state index contributed by atoms with van der Waals surface area (Å²) in [6.45, 7) is 2.13. The largest absolute Gasteiger partial charge is 0.382 e. The van der Waals surface area contributed by atoms with Crippen LogP contribution in [0.25, 0.3) is 0 Å². The first kappa shape index (κ1) is 18.3. The van der Waals surface area contributed by atoms with Crippen molar-refractivity contribution in [1.82, 2.24) is 14.5 Å². The first-order valence-electron chi connectivity index (χ1n) is 8.73. The lowest BCUT2D eigenvalue weighted by molar-refractivity contribution is 0.102. The van der Waals surface area contributed by atoms with Gasteiger partial charge in [0.2, 0.25) is 0 Å². The van der Waals surface area contributed by atoms with Crippen LogP contribution in [-0.4, -0.2) is 26.3 Å². The van der Waals surface area contributed by atoms with E-state index in [-0.39, 0.29) is 11.5 Å². The summed E-state index contributed by atoms with van der Waals surface area (Å²) < 4.78 is 16.5. The number of nitrogens with two attached hydrogens (primary N) is 1. The maximum absolute atomic E-state index is 14.7. The van der Waals surface area contributed by atoms with Crippen molar-refractivity contribution < 1.29 is 9.18 Å². The number of pyridine rings is 1. The number of benzene rings is 1. The lowest BCUT2D eigenvalue weighted by Crippen LogP contribution is -2.37. The van der Waals surface area contributed by atoms with Gasteiger partial charge in [0.1, 0.15) is 34.6 Å². The van der Waals surface area contributed by atoms with E-state index in [1.807, 2.05) is 10.6 Å². The number of fused-ring (bicyclic) bond motifs is 1. The quantitative estimate of drug-likeness (QED) is 0.711. The van der Waals surface area contributed by atoms with E-state index in [1.165, 1.54) is 36.5 Å². The van der Waals surface area contributed by atoms with Crippen LogP contribution in [0.2, 0.25) is 0 Å². The fraction of sp³-hybridized carbons (Fsp3) is 0.150. The van der Waals surface area contributed by atoms with Crippen LogP contribution in [0.3, 0.4) is 0 Å². The second kappa shape index (κ2) is 6.83. The number of amidine groups is 1. The molecule has 29 heavy (non-hydrogen) atoms. The van der Waals surface area contributed by atoms with Gasteiger partial charge >= 0.3 is 0 Å². The molecule has 0 fully saturated rings. The Labute approximate surface area is 165 Å². The van der Waals surface area contributed by atoms with Gasteiger partial charge in [-0.25, -0.2) is 14.4 Å². The maximum atomic E-state index is 14.7. The molecule has 1 atom stereocenters. The van der Waals surface area contributed by atoms with Crippen LogP contribution in [0.5, 0.6) is 0 Å². The maximum Gasteiger partial charge on any atom is 0.274 e. The molecule has 1 aromatic carbocycles. The highest BCUT2D eigenvalue weighted by Crippen LogP contribution is 2.34. The molecule has 9 heteroatoms. The number of imidazole rings is 1. The Kier molecular flexibility index (Phi) is 4.31. The number of carbonyl (C=O) groups excluding carboxylic acids is 1. The summed E-state index contributed by atoms with van der Waals surface area (Å²) in [5, 5.41) is 11.5. The Morgan fingerprint density at radius 3 is 2.90 bits per heavy atom. The molecule has 4 rings (SSSR count). The number of aliphatic imine (C=N–C) groups is 1. The van der Waals surface area contributed by atoms with Crippen LogP contribution in [0.4, 0.5) is 10.1 Å². The zero-order valence-electron chi connectivity index (χ0n) is 15.4. The number of halogens is 1. The van der Waals surface area contributed by atoms with Crippen LogP contribution < -0.4 is 11.1 Å². The zero-order chi connectivity index (χ0) is 20.6. The zero-order valence-corrected chi connectivity index (χ0v) is 15.4. The Morgan fingerprint density at radius 2 is 2.17 bits per heavy atom. The van der Waals surface area contributed by atoms with Gasteiger partial charge in [-0.05, 0) is 37.3 Å². The van der Waals surface area contributed by atoms with Crippen molar-refractivity contribution in [2.75, 3.05) is 5.32 Å². The van der Waals surface area contributed by atoms with Gasteiger partial charge in [0.15, 0.2) is 0 Å². The van der Waals surface area contributed by atoms with E-state index in [0.717, 1.165) is 0 Å². The molecule has 0 spiro atoms. The van der Waals surface area contributed by atoms with Crippen molar-refractivity contribution in [1.29, 1.82) is 5.26 Å². The molecular weight excluding hydrogens is 373 g/mol. The summed E-state index contributed by atoms with van der Waals surface area (Å²) in [4.78, 5) is 25.0. The monoisotopic (exact) mass is 389 g/mol. The molecule has 1 amide bonds. The van der Waals surface area contributed by atoms with Crippen molar-refractivity contribution in [3.05, 3.63) is 77.4 Å². The molecule has 3 aromatic rings. The molecule has 0 saturated heterocycles. The number of anilines is 1. The normalized spacial score (nSPS) is 17.8. The Morgan fingerprint density at radius 1 is 1.34 bits per heavy atom. The molecule has 0 radical (unpaired) electrons. The number of hydrogen-bond acceptors (Lipinski definition) is 6. The second-order valence-corrected chi connectivity index (χ2v) is 6.87. The van der Waals surface area contributed by atoms with Gasteiger partial charge in [0.25, 0.3) is 5.91 Å². The van der Waals surface area contributed by atoms with E-state index in [1.54, 1.807) is 19.4 Å². The molecule has 3 heterocycles. The van der Waals surface area contributed by atoms with E-state index in [2.05, 4.69) is 20.3 Å². The standard InChI is InChI=1S/C20H16FN7O/c1-20(10-28-11-24-9-17(28)18(23)27-20)14-6-13(3-4-15(14)21)26-19(29)16-5-2-12(7-22)8-25-16/h2-6,8-9,11H,10H2,1H3,(H2,23,27)(H,26,29)/t20-/m0/s1. The Hall–Kier alpha value is -4.06. The van der Waals surface area contributed by atoms with Gasteiger partial charge in [0.05, 0.1) is 24.6 Å². The van der Waals surface area contributed by atoms with Gasteiger partial charge in [0, 0.05) is 17.4 Å². The van der Waals surface area contributed by atoms with E-state index < -0.39 is 17.3 Å². The predicted molar refractivity (Wildman–Crippen MR) is 104 cm³/mol.